The van der Waals surface area contributed by atoms with Crippen molar-refractivity contribution in [2.45, 2.75) is 0 Å². The Hall–Kier alpha value is 1.06. The van der Waals surface area contributed by atoms with E-state index in [1.807, 2.05) is 0 Å². The van der Waals surface area contributed by atoms with Gasteiger partial charge < -0.3 is 62.7 Å². The average molecular weight is 596 g/mol. The number of hydrogen-bond donors (Lipinski definition) is 0. The molecule has 4 radical (unpaired) electrons. The monoisotopic (exact) mass is 596 g/mol. The van der Waals surface area contributed by atoms with E-state index in [0.717, 1.165) is 0 Å². The Morgan fingerprint density at radius 1 is 0.355 bits per heavy atom. The second kappa shape index (κ2) is 29.1. The molecule has 11 heteroatoms. The summed E-state index contributed by atoms with van der Waals surface area (Å²) in [5, 5.41) is 0. The van der Waals surface area contributed by atoms with Gasteiger partial charge in [0.1, 0.15) is 0 Å². The van der Waals surface area contributed by atoms with Crippen molar-refractivity contribution in [1.82, 2.24) is 0 Å². The third-order valence-electron chi connectivity index (χ3n) is 3.65. The molecule has 2 saturated heterocycles. The number of hydrogen-bond acceptors (Lipinski definition) is 8. The van der Waals surface area contributed by atoms with E-state index in [9.17, 15) is 0 Å². The molecule has 0 unspecified atom stereocenters. The SMILES string of the molecule is [CH2]C1COCCOCCOCCOC1.[CH2]C1COCCOCCOCCOC1.[Cl-].[Cl-].[Sn+2]. The van der Waals surface area contributed by atoms with Gasteiger partial charge in [0.2, 0.25) is 0 Å². The minimum Gasteiger partial charge on any atom is -1.00 e. The first-order chi connectivity index (χ1) is 13.8. The number of ether oxygens (including phenoxy) is 8. The topological polar surface area (TPSA) is 73.8 Å². The molecule has 0 spiro atoms. The van der Waals surface area contributed by atoms with Crippen molar-refractivity contribution in [2.75, 3.05) is 106 Å². The maximum absolute atomic E-state index is 5.35. The van der Waals surface area contributed by atoms with Crippen LogP contribution in [-0.4, -0.2) is 130 Å². The summed E-state index contributed by atoms with van der Waals surface area (Å²) in [5.41, 5.74) is 0. The van der Waals surface area contributed by atoms with E-state index in [1.165, 1.54) is 0 Å². The zero-order valence-corrected chi connectivity index (χ0v) is 22.8. The van der Waals surface area contributed by atoms with Gasteiger partial charge in [0, 0.05) is 11.8 Å². The van der Waals surface area contributed by atoms with Crippen molar-refractivity contribution in [1.29, 1.82) is 0 Å². The van der Waals surface area contributed by atoms with E-state index in [0.29, 0.717) is 106 Å². The van der Waals surface area contributed by atoms with E-state index in [-0.39, 0.29) is 60.6 Å². The molecule has 8 nitrogen and oxygen atoms in total. The van der Waals surface area contributed by atoms with E-state index >= 15 is 0 Å². The van der Waals surface area contributed by atoms with Crippen LogP contribution in [0.1, 0.15) is 0 Å². The van der Waals surface area contributed by atoms with Crippen molar-refractivity contribution in [2.24, 2.45) is 11.8 Å². The Morgan fingerprint density at radius 2 is 0.516 bits per heavy atom. The predicted octanol–water partition coefficient (Wildman–Crippen LogP) is -5.34. The van der Waals surface area contributed by atoms with Gasteiger partial charge in [0.05, 0.1) is 106 Å². The minimum absolute atomic E-state index is 0. The van der Waals surface area contributed by atoms with E-state index in [2.05, 4.69) is 13.8 Å². The molecule has 0 aromatic carbocycles. The fourth-order valence-corrected chi connectivity index (χ4v) is 2.21. The third kappa shape index (κ3) is 27.2. The molecule has 184 valence electrons. The molecule has 2 aliphatic heterocycles. The van der Waals surface area contributed by atoms with Crippen molar-refractivity contribution < 1.29 is 62.7 Å². The van der Waals surface area contributed by atoms with Crippen LogP contribution in [0.2, 0.25) is 0 Å². The smallest absolute Gasteiger partial charge is 1.00 e. The molecule has 2 heterocycles. The van der Waals surface area contributed by atoms with Crippen molar-refractivity contribution in [3.63, 3.8) is 0 Å². The molecule has 2 rings (SSSR count). The van der Waals surface area contributed by atoms with E-state index < -0.39 is 0 Å². The fraction of sp³-hybridized carbons (Fsp3) is 0.900. The molecular formula is C20H38Cl2O8Sn. The molecule has 0 aromatic rings. The first-order valence-electron chi connectivity index (χ1n) is 10.1. The first kappa shape index (κ1) is 36.6. The summed E-state index contributed by atoms with van der Waals surface area (Å²) in [5.74, 6) is 0.381. The average Bonchev–Trinajstić information content (AvgIpc) is 2.73. The van der Waals surface area contributed by atoms with Gasteiger partial charge in [-0.1, -0.05) is 0 Å². The predicted molar refractivity (Wildman–Crippen MR) is 110 cm³/mol. The van der Waals surface area contributed by atoms with Gasteiger partial charge >= 0.3 is 23.9 Å². The van der Waals surface area contributed by atoms with Crippen LogP contribution in [-0.2, 0) is 37.9 Å². The zero-order chi connectivity index (χ0) is 20.1. The molecule has 0 atom stereocenters. The maximum atomic E-state index is 5.35. The van der Waals surface area contributed by atoms with Crippen LogP contribution in [0.15, 0.2) is 0 Å². The van der Waals surface area contributed by atoms with E-state index in [1.54, 1.807) is 0 Å². The normalized spacial score (nSPS) is 22.3. The van der Waals surface area contributed by atoms with Gasteiger partial charge in [-0.15, -0.1) is 0 Å². The molecule has 0 N–H and O–H groups in total. The summed E-state index contributed by atoms with van der Waals surface area (Å²) < 4.78 is 42.5. The molecule has 0 aromatic heterocycles. The van der Waals surface area contributed by atoms with Crippen LogP contribution >= 0.6 is 0 Å². The fourth-order valence-electron chi connectivity index (χ4n) is 2.21. The summed E-state index contributed by atoms with van der Waals surface area (Å²) in [6.45, 7) is 17.8. The Bertz CT molecular complexity index is 278. The quantitative estimate of drug-likeness (QED) is 0.257. The van der Waals surface area contributed by atoms with E-state index in [4.69, 9.17) is 37.9 Å². The van der Waals surface area contributed by atoms with Crippen LogP contribution in [0.25, 0.3) is 0 Å². The van der Waals surface area contributed by atoms with Gasteiger partial charge in [0.25, 0.3) is 0 Å². The summed E-state index contributed by atoms with van der Waals surface area (Å²) >= 11 is 0. The molecule has 31 heavy (non-hydrogen) atoms. The number of rotatable bonds is 0. The Morgan fingerprint density at radius 3 is 0.710 bits per heavy atom. The Balaban J connectivity index is -0.000000461. The van der Waals surface area contributed by atoms with Gasteiger partial charge in [-0.3, -0.25) is 0 Å². The zero-order valence-electron chi connectivity index (χ0n) is 18.4. The summed E-state index contributed by atoms with van der Waals surface area (Å²) in [6, 6.07) is 0. The van der Waals surface area contributed by atoms with Crippen LogP contribution in [0.5, 0.6) is 0 Å². The van der Waals surface area contributed by atoms with Gasteiger partial charge in [-0.2, -0.15) is 0 Å². The molecule has 0 saturated carbocycles. The third-order valence-corrected chi connectivity index (χ3v) is 3.65. The standard InChI is InChI=1S/2C10H19O4.2ClH.Sn/c2*1-10-8-13-6-4-11-2-3-12-5-7-14-9-10;;;/h2*10H,1-9H2;2*1H;/q;;;;+2/p-2. The molecule has 0 bridgehead atoms. The van der Waals surface area contributed by atoms with Crippen LogP contribution in [0.3, 0.4) is 0 Å². The van der Waals surface area contributed by atoms with Crippen molar-refractivity contribution >= 4 is 23.9 Å². The second-order valence-electron chi connectivity index (χ2n) is 6.48. The molecule has 2 aliphatic rings. The molecule has 0 amide bonds. The summed E-state index contributed by atoms with van der Waals surface area (Å²) in [6.07, 6.45) is 0. The largest absolute Gasteiger partial charge is 2.00 e. The van der Waals surface area contributed by atoms with Gasteiger partial charge in [0.15, 0.2) is 0 Å². The summed E-state index contributed by atoms with van der Waals surface area (Å²) in [4.78, 5) is 0. The summed E-state index contributed by atoms with van der Waals surface area (Å²) in [7, 11) is 0. The maximum Gasteiger partial charge on any atom is 2.00 e. The van der Waals surface area contributed by atoms with Crippen LogP contribution in [0, 0.1) is 25.7 Å². The van der Waals surface area contributed by atoms with Crippen LogP contribution in [0.4, 0.5) is 0 Å². The van der Waals surface area contributed by atoms with Crippen molar-refractivity contribution in [3.8, 4) is 0 Å². The second-order valence-corrected chi connectivity index (χ2v) is 6.48. The number of halogens is 2. The Kier molecular flexibility index (Phi) is 34.4. The molecule has 2 fully saturated rings. The Labute approximate surface area is 217 Å². The molecule has 0 aliphatic carbocycles. The van der Waals surface area contributed by atoms with Crippen molar-refractivity contribution in [3.05, 3.63) is 13.8 Å². The van der Waals surface area contributed by atoms with Gasteiger partial charge in [-0.25, -0.2) is 0 Å². The van der Waals surface area contributed by atoms with Gasteiger partial charge in [-0.05, 0) is 13.8 Å². The minimum atomic E-state index is 0. The molecular weight excluding hydrogens is 558 g/mol. The first-order valence-corrected chi connectivity index (χ1v) is 10.1. The van der Waals surface area contributed by atoms with Crippen LogP contribution < -0.4 is 24.8 Å².